The number of esters is 1. The second-order valence-corrected chi connectivity index (χ2v) is 4.13. The van der Waals surface area contributed by atoms with Crippen LogP contribution < -0.4 is 0 Å². The van der Waals surface area contributed by atoms with Crippen molar-refractivity contribution in [3.63, 3.8) is 0 Å². The lowest BCUT2D eigenvalue weighted by molar-refractivity contribution is -0.150. The molecule has 5 nitrogen and oxygen atoms in total. The Morgan fingerprint density at radius 1 is 1.44 bits per heavy atom. The third-order valence-electron chi connectivity index (χ3n) is 2.87. The fraction of sp³-hybridized carbons (Fsp3) is 0.231. The largest absolute Gasteiger partial charge is 0.464 e. The molecule has 1 unspecified atom stereocenters. The summed E-state index contributed by atoms with van der Waals surface area (Å²) in [5.74, 6) is -0.328. The van der Waals surface area contributed by atoms with Crippen LogP contribution >= 0.6 is 0 Å². The first-order valence-electron chi connectivity index (χ1n) is 5.67. The standard InChI is InChI=1S/C13H12N2O3/c1-8(18-9(2)16)15-13-10(7-14-15)3-4-12-11(13)5-6-17-12/h3-8H,1-2H3. The topological polar surface area (TPSA) is 57.3 Å². The summed E-state index contributed by atoms with van der Waals surface area (Å²) >= 11 is 0. The molecule has 18 heavy (non-hydrogen) atoms. The van der Waals surface area contributed by atoms with Gasteiger partial charge in [-0.2, -0.15) is 5.10 Å². The predicted molar refractivity (Wildman–Crippen MR) is 66.0 cm³/mol. The molecule has 5 heteroatoms. The van der Waals surface area contributed by atoms with Crippen molar-refractivity contribution >= 4 is 27.8 Å². The van der Waals surface area contributed by atoms with Gasteiger partial charge in [0.1, 0.15) is 5.58 Å². The van der Waals surface area contributed by atoms with E-state index >= 15 is 0 Å². The number of rotatable bonds is 2. The molecule has 92 valence electrons. The Hall–Kier alpha value is -2.30. The van der Waals surface area contributed by atoms with Gasteiger partial charge < -0.3 is 9.15 Å². The number of carbonyl (C=O) groups excluding carboxylic acids is 1. The number of aromatic nitrogens is 2. The average Bonchev–Trinajstić information content (AvgIpc) is 2.93. The molecule has 3 aromatic rings. The first-order chi connectivity index (χ1) is 8.66. The second kappa shape index (κ2) is 3.87. The molecule has 0 amide bonds. The Labute approximate surface area is 103 Å². The van der Waals surface area contributed by atoms with E-state index < -0.39 is 6.23 Å². The first kappa shape index (κ1) is 10.8. The average molecular weight is 244 g/mol. The second-order valence-electron chi connectivity index (χ2n) is 4.13. The molecule has 2 aromatic heterocycles. The Morgan fingerprint density at radius 3 is 3.06 bits per heavy atom. The Bertz CT molecular complexity index is 726. The monoisotopic (exact) mass is 244 g/mol. The summed E-state index contributed by atoms with van der Waals surface area (Å²) in [6.07, 6.45) is 2.94. The van der Waals surface area contributed by atoms with E-state index in [4.69, 9.17) is 9.15 Å². The molecular formula is C13H12N2O3. The van der Waals surface area contributed by atoms with Gasteiger partial charge in [0.05, 0.1) is 18.0 Å². The maximum Gasteiger partial charge on any atom is 0.304 e. The van der Waals surface area contributed by atoms with Crippen LogP contribution in [0.1, 0.15) is 20.1 Å². The van der Waals surface area contributed by atoms with Gasteiger partial charge in [-0.25, -0.2) is 4.68 Å². The van der Waals surface area contributed by atoms with Gasteiger partial charge in [0.25, 0.3) is 0 Å². The molecule has 0 aliphatic rings. The number of hydrogen-bond acceptors (Lipinski definition) is 4. The van der Waals surface area contributed by atoms with Crippen LogP contribution in [-0.4, -0.2) is 15.7 Å². The number of ether oxygens (including phenoxy) is 1. The number of furan rings is 1. The molecule has 3 rings (SSSR count). The summed E-state index contributed by atoms with van der Waals surface area (Å²) in [5, 5.41) is 6.23. The summed E-state index contributed by atoms with van der Waals surface area (Å²) in [5.41, 5.74) is 1.70. The van der Waals surface area contributed by atoms with Crippen molar-refractivity contribution in [2.45, 2.75) is 20.1 Å². The minimum atomic E-state index is -0.444. The Balaban J connectivity index is 2.22. The van der Waals surface area contributed by atoms with Crippen molar-refractivity contribution < 1.29 is 13.9 Å². The van der Waals surface area contributed by atoms with Gasteiger partial charge >= 0.3 is 5.97 Å². The molecule has 0 radical (unpaired) electrons. The van der Waals surface area contributed by atoms with Crippen molar-refractivity contribution in [1.82, 2.24) is 9.78 Å². The molecule has 1 atom stereocenters. The van der Waals surface area contributed by atoms with E-state index in [0.717, 1.165) is 21.9 Å². The molecule has 0 saturated carbocycles. The van der Waals surface area contributed by atoms with Gasteiger partial charge in [-0.3, -0.25) is 4.79 Å². The predicted octanol–water partition coefficient (Wildman–Crippen LogP) is 2.86. The zero-order valence-electron chi connectivity index (χ0n) is 10.1. The van der Waals surface area contributed by atoms with Crippen LogP contribution in [0.2, 0.25) is 0 Å². The highest BCUT2D eigenvalue weighted by Gasteiger charge is 2.15. The molecule has 1 aromatic carbocycles. The van der Waals surface area contributed by atoms with Crippen LogP contribution in [0.3, 0.4) is 0 Å². The molecular weight excluding hydrogens is 232 g/mol. The molecule has 0 aliphatic carbocycles. The first-order valence-corrected chi connectivity index (χ1v) is 5.67. The molecule has 0 saturated heterocycles. The fourth-order valence-electron chi connectivity index (χ4n) is 2.15. The van der Waals surface area contributed by atoms with Gasteiger partial charge in [-0.1, -0.05) is 0 Å². The summed E-state index contributed by atoms with van der Waals surface area (Å²) in [6.45, 7) is 3.17. The van der Waals surface area contributed by atoms with Gasteiger partial charge in [-0.05, 0) is 25.1 Å². The van der Waals surface area contributed by atoms with Crippen molar-refractivity contribution in [2.24, 2.45) is 0 Å². The highest BCUT2D eigenvalue weighted by Crippen LogP contribution is 2.28. The fourth-order valence-corrected chi connectivity index (χ4v) is 2.15. The smallest absolute Gasteiger partial charge is 0.304 e. The van der Waals surface area contributed by atoms with Gasteiger partial charge in [0.2, 0.25) is 0 Å². The van der Waals surface area contributed by atoms with E-state index in [1.54, 1.807) is 24.1 Å². The summed E-state index contributed by atoms with van der Waals surface area (Å²) < 4.78 is 12.2. The van der Waals surface area contributed by atoms with Crippen LogP contribution in [0.15, 0.2) is 35.1 Å². The number of carbonyl (C=O) groups is 1. The minimum Gasteiger partial charge on any atom is -0.464 e. The minimum absolute atomic E-state index is 0.328. The zero-order chi connectivity index (χ0) is 12.7. The summed E-state index contributed by atoms with van der Waals surface area (Å²) in [7, 11) is 0. The highest BCUT2D eigenvalue weighted by molar-refractivity contribution is 6.03. The molecule has 2 heterocycles. The third-order valence-corrected chi connectivity index (χ3v) is 2.87. The Morgan fingerprint density at radius 2 is 2.28 bits per heavy atom. The van der Waals surface area contributed by atoms with E-state index in [2.05, 4.69) is 5.10 Å². The number of fused-ring (bicyclic) bond motifs is 3. The molecule has 0 aliphatic heterocycles. The number of hydrogen-bond donors (Lipinski definition) is 0. The summed E-state index contributed by atoms with van der Waals surface area (Å²) in [4.78, 5) is 11.0. The summed E-state index contributed by atoms with van der Waals surface area (Å²) in [6, 6.07) is 5.72. The third kappa shape index (κ3) is 1.55. The van der Waals surface area contributed by atoms with E-state index in [-0.39, 0.29) is 5.97 Å². The van der Waals surface area contributed by atoms with E-state index in [1.807, 2.05) is 18.2 Å². The lowest BCUT2D eigenvalue weighted by atomic mass is 10.2. The lowest BCUT2D eigenvalue weighted by Gasteiger charge is -2.13. The number of nitrogens with zero attached hydrogens (tertiary/aromatic N) is 2. The van der Waals surface area contributed by atoms with E-state index in [0.29, 0.717) is 0 Å². The maximum absolute atomic E-state index is 11.0. The van der Waals surface area contributed by atoms with Crippen molar-refractivity contribution in [3.05, 3.63) is 30.7 Å². The maximum atomic E-state index is 11.0. The molecule has 0 bridgehead atoms. The van der Waals surface area contributed by atoms with Crippen molar-refractivity contribution in [3.8, 4) is 0 Å². The van der Waals surface area contributed by atoms with Crippen LogP contribution in [0, 0.1) is 0 Å². The zero-order valence-corrected chi connectivity index (χ0v) is 10.1. The van der Waals surface area contributed by atoms with Gasteiger partial charge in [0.15, 0.2) is 6.23 Å². The normalized spacial score (nSPS) is 13.0. The quantitative estimate of drug-likeness (QED) is 0.650. The molecule has 0 N–H and O–H groups in total. The highest BCUT2D eigenvalue weighted by atomic mass is 16.6. The van der Waals surface area contributed by atoms with E-state index in [1.165, 1.54) is 6.92 Å². The SMILES string of the molecule is CC(=O)OC(C)n1ncc2ccc3occc3c21. The van der Waals surface area contributed by atoms with E-state index in [9.17, 15) is 4.79 Å². The van der Waals surface area contributed by atoms with Crippen LogP contribution in [0.25, 0.3) is 21.9 Å². The van der Waals surface area contributed by atoms with Crippen LogP contribution in [-0.2, 0) is 9.53 Å². The molecule has 0 fully saturated rings. The van der Waals surface area contributed by atoms with Gasteiger partial charge in [-0.15, -0.1) is 0 Å². The lowest BCUT2D eigenvalue weighted by Crippen LogP contribution is -2.13. The Kier molecular flexibility index (Phi) is 2.33. The number of benzene rings is 1. The van der Waals surface area contributed by atoms with Crippen LogP contribution in [0.4, 0.5) is 0 Å². The van der Waals surface area contributed by atoms with Crippen LogP contribution in [0.5, 0.6) is 0 Å². The van der Waals surface area contributed by atoms with Crippen molar-refractivity contribution in [2.75, 3.05) is 0 Å². The van der Waals surface area contributed by atoms with Gasteiger partial charge in [0, 0.05) is 17.7 Å². The molecule has 0 spiro atoms. The van der Waals surface area contributed by atoms with Crippen molar-refractivity contribution in [1.29, 1.82) is 0 Å².